The third-order valence-corrected chi connectivity index (χ3v) is 4.17. The smallest absolute Gasteiger partial charge is 0.191 e. The molecular weight excluding hydrogens is 486 g/mol. The maximum atomic E-state index is 14.1. The molecule has 2 aromatic carbocycles. The molecule has 0 radical (unpaired) electrons. The summed E-state index contributed by atoms with van der Waals surface area (Å²) in [4.78, 5) is 6.30. The highest BCUT2D eigenvalue weighted by Gasteiger charge is 2.07. The van der Waals surface area contributed by atoms with Crippen molar-refractivity contribution in [2.45, 2.75) is 20.0 Å². The van der Waals surface area contributed by atoms with E-state index in [4.69, 9.17) is 9.47 Å². The topological polar surface area (TPSA) is 58.1 Å². The van der Waals surface area contributed by atoms with Crippen LogP contribution in [0.15, 0.2) is 41.4 Å². The molecule has 0 fully saturated rings. The second-order valence-corrected chi connectivity index (χ2v) is 6.42. The normalized spacial score (nSPS) is 10.8. The van der Waals surface area contributed by atoms with E-state index in [1.807, 2.05) is 45.3 Å². The van der Waals surface area contributed by atoms with Gasteiger partial charge in [0.1, 0.15) is 5.82 Å². The summed E-state index contributed by atoms with van der Waals surface area (Å²) >= 11 is 0. The zero-order chi connectivity index (χ0) is 20.5. The Bertz CT molecular complexity index is 815. The summed E-state index contributed by atoms with van der Waals surface area (Å²) in [5.74, 6) is 1.78. The molecule has 2 aromatic rings. The van der Waals surface area contributed by atoms with Crippen LogP contribution in [0.25, 0.3) is 0 Å². The van der Waals surface area contributed by atoms with Crippen LogP contribution in [0.4, 0.5) is 10.1 Å². The second-order valence-electron chi connectivity index (χ2n) is 6.42. The van der Waals surface area contributed by atoms with E-state index in [-0.39, 0.29) is 29.8 Å². The molecule has 0 aliphatic rings. The molecule has 0 aliphatic carbocycles. The molecular formula is C21H30FIN4O2. The van der Waals surface area contributed by atoms with E-state index >= 15 is 0 Å². The Balaban J connectivity index is 0.00000420. The van der Waals surface area contributed by atoms with Gasteiger partial charge in [-0.05, 0) is 42.3 Å². The van der Waals surface area contributed by atoms with Gasteiger partial charge >= 0.3 is 0 Å². The summed E-state index contributed by atoms with van der Waals surface area (Å²) < 4.78 is 24.7. The first-order valence-corrected chi connectivity index (χ1v) is 9.17. The summed E-state index contributed by atoms with van der Waals surface area (Å²) in [6.07, 6.45) is 0. The van der Waals surface area contributed by atoms with E-state index in [0.29, 0.717) is 36.2 Å². The lowest BCUT2D eigenvalue weighted by molar-refractivity contribution is 0.354. The van der Waals surface area contributed by atoms with E-state index in [1.165, 1.54) is 6.07 Å². The standard InChI is InChI=1S/C21H29FN4O2.HI/c1-6-23-21(24-13-15-7-9-18(26(2)3)17(22)11-15)25-14-16-8-10-19(27-4)20(12-16)28-5;/h7-12H,6,13-14H2,1-5H3,(H2,23,24,25);1H. The Hall–Kier alpha value is -2.23. The molecule has 2 rings (SSSR count). The predicted molar refractivity (Wildman–Crippen MR) is 127 cm³/mol. The van der Waals surface area contributed by atoms with Gasteiger partial charge in [0.15, 0.2) is 17.5 Å². The molecule has 8 heteroatoms. The quantitative estimate of drug-likeness (QED) is 0.318. The van der Waals surface area contributed by atoms with Gasteiger partial charge in [-0.3, -0.25) is 0 Å². The first-order chi connectivity index (χ1) is 13.5. The average Bonchev–Trinajstić information content (AvgIpc) is 2.69. The monoisotopic (exact) mass is 516 g/mol. The van der Waals surface area contributed by atoms with Gasteiger partial charge in [-0.1, -0.05) is 12.1 Å². The van der Waals surface area contributed by atoms with Crippen molar-refractivity contribution in [2.24, 2.45) is 4.99 Å². The average molecular weight is 516 g/mol. The molecule has 0 atom stereocenters. The molecule has 0 aromatic heterocycles. The van der Waals surface area contributed by atoms with Gasteiger partial charge in [-0.15, -0.1) is 24.0 Å². The number of hydrogen-bond acceptors (Lipinski definition) is 4. The summed E-state index contributed by atoms with van der Waals surface area (Å²) in [5.41, 5.74) is 2.40. The number of anilines is 1. The molecule has 0 spiro atoms. The van der Waals surface area contributed by atoms with Crippen molar-refractivity contribution in [1.82, 2.24) is 10.6 Å². The number of hydrogen-bond donors (Lipinski definition) is 2. The number of nitrogens with zero attached hydrogens (tertiary/aromatic N) is 2. The molecule has 0 amide bonds. The lowest BCUT2D eigenvalue weighted by atomic mass is 10.2. The highest BCUT2D eigenvalue weighted by Crippen LogP contribution is 2.27. The lowest BCUT2D eigenvalue weighted by Gasteiger charge is -2.15. The first-order valence-electron chi connectivity index (χ1n) is 9.17. The zero-order valence-corrected chi connectivity index (χ0v) is 19.9. The third kappa shape index (κ3) is 7.26. The van der Waals surface area contributed by atoms with E-state index in [9.17, 15) is 4.39 Å². The van der Waals surface area contributed by atoms with Crippen molar-refractivity contribution in [3.63, 3.8) is 0 Å². The van der Waals surface area contributed by atoms with Gasteiger partial charge in [0, 0.05) is 27.2 Å². The minimum absolute atomic E-state index is 0. The van der Waals surface area contributed by atoms with Crippen LogP contribution in [0.5, 0.6) is 11.5 Å². The SMILES string of the molecule is CCNC(=NCc1ccc(N(C)C)c(F)c1)NCc1ccc(OC)c(OC)c1.I. The van der Waals surface area contributed by atoms with Gasteiger partial charge in [-0.25, -0.2) is 9.38 Å². The van der Waals surface area contributed by atoms with Crippen molar-refractivity contribution in [1.29, 1.82) is 0 Å². The molecule has 0 aliphatic heterocycles. The summed E-state index contributed by atoms with van der Waals surface area (Å²) in [6, 6.07) is 10.9. The van der Waals surface area contributed by atoms with E-state index in [1.54, 1.807) is 25.2 Å². The van der Waals surface area contributed by atoms with Crippen LogP contribution in [0.1, 0.15) is 18.1 Å². The molecule has 2 N–H and O–H groups in total. The van der Waals surface area contributed by atoms with E-state index in [2.05, 4.69) is 15.6 Å². The summed E-state index contributed by atoms with van der Waals surface area (Å²) in [6.45, 7) is 3.68. The van der Waals surface area contributed by atoms with E-state index in [0.717, 1.165) is 17.7 Å². The van der Waals surface area contributed by atoms with Gasteiger partial charge in [0.05, 0.1) is 26.5 Å². The van der Waals surface area contributed by atoms with Gasteiger partial charge in [0.2, 0.25) is 0 Å². The second kappa shape index (κ2) is 12.4. The number of nitrogens with one attached hydrogen (secondary N) is 2. The zero-order valence-electron chi connectivity index (χ0n) is 17.6. The third-order valence-electron chi connectivity index (χ3n) is 4.17. The molecule has 0 saturated carbocycles. The van der Waals surface area contributed by atoms with Crippen LogP contribution in [0, 0.1) is 5.82 Å². The Kier molecular flexibility index (Phi) is 10.6. The van der Waals surface area contributed by atoms with Crippen molar-refractivity contribution < 1.29 is 13.9 Å². The van der Waals surface area contributed by atoms with Gasteiger partial charge in [0.25, 0.3) is 0 Å². The molecule has 6 nitrogen and oxygen atoms in total. The number of benzene rings is 2. The number of aliphatic imine (C=N–C) groups is 1. The molecule has 0 unspecified atom stereocenters. The maximum absolute atomic E-state index is 14.1. The Morgan fingerprint density at radius 2 is 1.69 bits per heavy atom. The maximum Gasteiger partial charge on any atom is 0.191 e. The highest BCUT2D eigenvalue weighted by atomic mass is 127. The number of halogens is 2. The minimum atomic E-state index is -0.249. The molecule has 0 saturated heterocycles. The summed E-state index contributed by atoms with van der Waals surface area (Å²) in [5, 5.41) is 6.48. The Labute approximate surface area is 189 Å². The fourth-order valence-electron chi connectivity index (χ4n) is 2.70. The number of rotatable bonds is 8. The molecule has 29 heavy (non-hydrogen) atoms. The van der Waals surface area contributed by atoms with Crippen molar-refractivity contribution in [3.8, 4) is 11.5 Å². The van der Waals surface area contributed by atoms with Gasteiger partial charge in [-0.2, -0.15) is 0 Å². The molecule has 0 bridgehead atoms. The first kappa shape index (κ1) is 24.8. The van der Waals surface area contributed by atoms with Crippen LogP contribution in [0.3, 0.4) is 0 Å². The predicted octanol–water partition coefficient (Wildman–Crippen LogP) is 3.78. The van der Waals surface area contributed by atoms with Crippen molar-refractivity contribution in [2.75, 3.05) is 39.8 Å². The summed E-state index contributed by atoms with van der Waals surface area (Å²) in [7, 11) is 6.86. The fourth-order valence-corrected chi connectivity index (χ4v) is 2.70. The minimum Gasteiger partial charge on any atom is -0.493 e. The van der Waals surface area contributed by atoms with Crippen LogP contribution >= 0.6 is 24.0 Å². The number of ether oxygens (including phenoxy) is 2. The Morgan fingerprint density at radius 3 is 2.28 bits per heavy atom. The highest BCUT2D eigenvalue weighted by molar-refractivity contribution is 14.0. The van der Waals surface area contributed by atoms with Crippen molar-refractivity contribution in [3.05, 3.63) is 53.3 Å². The van der Waals surface area contributed by atoms with Crippen LogP contribution < -0.4 is 25.0 Å². The molecule has 160 valence electrons. The van der Waals surface area contributed by atoms with Crippen LogP contribution in [-0.2, 0) is 13.1 Å². The van der Waals surface area contributed by atoms with Crippen molar-refractivity contribution >= 4 is 35.6 Å². The Morgan fingerprint density at radius 1 is 1.00 bits per heavy atom. The van der Waals surface area contributed by atoms with E-state index < -0.39 is 0 Å². The fraction of sp³-hybridized carbons (Fsp3) is 0.381. The largest absolute Gasteiger partial charge is 0.493 e. The molecule has 0 heterocycles. The van der Waals surface area contributed by atoms with Crippen LogP contribution in [0.2, 0.25) is 0 Å². The lowest BCUT2D eigenvalue weighted by Crippen LogP contribution is -2.36. The number of methoxy groups -OCH3 is 2. The van der Waals surface area contributed by atoms with Crippen LogP contribution in [-0.4, -0.2) is 40.8 Å². The number of guanidine groups is 1. The van der Waals surface area contributed by atoms with Gasteiger partial charge < -0.3 is 25.0 Å².